The number of nitrogens with one attached hydrogen (secondary N) is 1. The van der Waals surface area contributed by atoms with Gasteiger partial charge in [0.25, 0.3) is 5.91 Å². The Balaban J connectivity index is 2.60. The van der Waals surface area contributed by atoms with Gasteiger partial charge in [-0.05, 0) is 80.0 Å². The van der Waals surface area contributed by atoms with Crippen LogP contribution in [-0.2, 0) is 9.59 Å². The molecule has 5 nitrogen and oxygen atoms in total. The molecule has 1 aliphatic carbocycles. The van der Waals surface area contributed by atoms with Gasteiger partial charge in [0, 0.05) is 25.9 Å². The zero-order chi connectivity index (χ0) is 27.7. The van der Waals surface area contributed by atoms with Crippen LogP contribution in [0.2, 0.25) is 0 Å². The van der Waals surface area contributed by atoms with Gasteiger partial charge in [-0.1, -0.05) is 57.1 Å². The molecule has 1 saturated carbocycles. The molecule has 0 bridgehead atoms. The number of rotatable bonds is 12. The van der Waals surface area contributed by atoms with Gasteiger partial charge < -0.3 is 10.2 Å². The Bertz CT molecular complexity index is 1140. The monoisotopic (exact) mass is 507 g/mol. The van der Waals surface area contributed by atoms with Gasteiger partial charge in [0.1, 0.15) is 12.0 Å². The average Bonchev–Trinajstić information content (AvgIpc) is 3.57. The lowest BCUT2D eigenvalue weighted by atomic mass is 9.88. The van der Waals surface area contributed by atoms with Gasteiger partial charge >= 0.3 is 0 Å². The van der Waals surface area contributed by atoms with Crippen LogP contribution in [0.5, 0.6) is 0 Å². The summed E-state index contributed by atoms with van der Waals surface area (Å²) in [6.45, 7) is 14.3. The van der Waals surface area contributed by atoms with Crippen molar-refractivity contribution in [2.75, 3.05) is 19.4 Å². The van der Waals surface area contributed by atoms with E-state index in [1.54, 1.807) is 31.3 Å². The zero-order valence-electron chi connectivity index (χ0n) is 23.5. The van der Waals surface area contributed by atoms with E-state index >= 15 is 0 Å². The fourth-order valence-corrected chi connectivity index (χ4v) is 4.11. The molecular formula is C31H42FN3O2. The quantitative estimate of drug-likeness (QED) is 0.242. The summed E-state index contributed by atoms with van der Waals surface area (Å²) in [6, 6.07) is 1.78. The molecule has 1 aromatic heterocycles. The molecule has 1 N–H and O–H groups in total. The molecule has 1 heterocycles. The van der Waals surface area contributed by atoms with E-state index in [0.29, 0.717) is 11.4 Å². The van der Waals surface area contributed by atoms with Crippen LogP contribution in [0, 0.1) is 12.8 Å². The second-order valence-electron chi connectivity index (χ2n) is 9.88. The second-order valence-corrected chi connectivity index (χ2v) is 9.88. The molecule has 2 unspecified atom stereocenters. The predicted octanol–water partition coefficient (Wildman–Crippen LogP) is 7.13. The number of allylic oxidation sites excluding steroid dienone is 6. The Kier molecular flexibility index (Phi) is 11.2. The Morgan fingerprint density at radius 3 is 2.41 bits per heavy atom. The van der Waals surface area contributed by atoms with Gasteiger partial charge in [0.15, 0.2) is 0 Å². The molecule has 0 radical (unpaired) electrons. The van der Waals surface area contributed by atoms with E-state index in [1.807, 2.05) is 39.0 Å². The van der Waals surface area contributed by atoms with Crippen LogP contribution in [0.1, 0.15) is 70.9 Å². The number of likely N-dealkylation sites (N-methyl/N-ethyl adjacent to an activating group) is 1. The third kappa shape index (κ3) is 8.38. The number of hydrogen-bond donors (Lipinski definition) is 1. The maximum Gasteiger partial charge on any atom is 0.253 e. The summed E-state index contributed by atoms with van der Waals surface area (Å²) in [6.07, 6.45) is 12.6. The van der Waals surface area contributed by atoms with Gasteiger partial charge in [-0.3, -0.25) is 9.59 Å². The number of carbonyl (C=O) groups excluding carboxylic acids is 2. The van der Waals surface area contributed by atoms with Crippen LogP contribution >= 0.6 is 0 Å². The van der Waals surface area contributed by atoms with Crippen LogP contribution in [0.25, 0.3) is 6.08 Å². The first-order valence-corrected chi connectivity index (χ1v) is 13.1. The Morgan fingerprint density at radius 1 is 1.22 bits per heavy atom. The number of nitrogens with zero attached hydrogens (tertiary/aromatic N) is 2. The van der Waals surface area contributed by atoms with E-state index in [-0.39, 0.29) is 18.2 Å². The van der Waals surface area contributed by atoms with Crippen molar-refractivity contribution in [1.82, 2.24) is 9.88 Å². The van der Waals surface area contributed by atoms with Crippen LogP contribution in [0.4, 0.5) is 10.2 Å². The summed E-state index contributed by atoms with van der Waals surface area (Å²) in [5.74, 6) is -0.594. The third-order valence-corrected chi connectivity index (χ3v) is 6.31. The molecule has 37 heavy (non-hydrogen) atoms. The fourth-order valence-electron chi connectivity index (χ4n) is 4.11. The maximum absolute atomic E-state index is 13.4. The Morgan fingerprint density at radius 2 is 1.89 bits per heavy atom. The highest BCUT2D eigenvalue weighted by Crippen LogP contribution is 2.35. The van der Waals surface area contributed by atoms with E-state index in [4.69, 9.17) is 0 Å². The van der Waals surface area contributed by atoms with E-state index in [1.165, 1.54) is 0 Å². The second kappa shape index (κ2) is 13.9. The number of unbranched alkanes of at least 4 members (excludes halogenated alkanes) is 1. The van der Waals surface area contributed by atoms with Crippen molar-refractivity contribution < 1.29 is 14.0 Å². The number of amides is 2. The first-order chi connectivity index (χ1) is 17.5. The van der Waals surface area contributed by atoms with Crippen molar-refractivity contribution in [1.29, 1.82) is 0 Å². The number of carbonyl (C=O) groups is 2. The molecule has 0 saturated heterocycles. The molecule has 1 aromatic rings. The van der Waals surface area contributed by atoms with Gasteiger partial charge in [-0.2, -0.15) is 0 Å². The molecule has 2 atom stereocenters. The van der Waals surface area contributed by atoms with E-state index < -0.39 is 12.1 Å². The van der Waals surface area contributed by atoms with Crippen LogP contribution in [-0.4, -0.2) is 42.0 Å². The molecule has 0 aliphatic heterocycles. The number of pyridine rings is 1. The highest BCUT2D eigenvalue weighted by atomic mass is 19.1. The third-order valence-electron chi connectivity index (χ3n) is 6.31. The fraction of sp³-hybridized carbons (Fsp3) is 0.452. The largest absolute Gasteiger partial charge is 0.345 e. The maximum atomic E-state index is 13.4. The van der Waals surface area contributed by atoms with Crippen molar-refractivity contribution in [2.45, 2.75) is 72.9 Å². The van der Waals surface area contributed by atoms with Crippen molar-refractivity contribution >= 4 is 23.7 Å². The number of anilines is 1. The molecule has 6 heteroatoms. The Hall–Kier alpha value is -3.28. The molecular weight excluding hydrogens is 465 g/mol. The minimum Gasteiger partial charge on any atom is -0.345 e. The lowest BCUT2D eigenvalue weighted by Gasteiger charge is -2.20. The predicted molar refractivity (Wildman–Crippen MR) is 152 cm³/mol. The molecule has 0 aromatic carbocycles. The number of aromatic nitrogens is 1. The number of aryl methyl sites for hydroxylation is 1. The van der Waals surface area contributed by atoms with E-state index in [0.717, 1.165) is 59.1 Å². The highest BCUT2D eigenvalue weighted by molar-refractivity contribution is 6.01. The molecule has 2 amide bonds. The zero-order valence-corrected chi connectivity index (χ0v) is 23.5. The smallest absolute Gasteiger partial charge is 0.253 e. The topological polar surface area (TPSA) is 62.3 Å². The summed E-state index contributed by atoms with van der Waals surface area (Å²) in [7, 11) is 3.51. The van der Waals surface area contributed by atoms with Crippen molar-refractivity contribution in [3.63, 3.8) is 0 Å². The number of hydrogen-bond acceptors (Lipinski definition) is 3. The molecule has 0 spiro atoms. The summed E-state index contributed by atoms with van der Waals surface area (Å²) in [5.41, 5.74) is 6.18. The van der Waals surface area contributed by atoms with Gasteiger partial charge in [0.2, 0.25) is 5.91 Å². The Labute approximate surface area is 221 Å². The first-order valence-electron chi connectivity index (χ1n) is 13.1. The van der Waals surface area contributed by atoms with E-state index in [2.05, 4.69) is 36.8 Å². The summed E-state index contributed by atoms with van der Waals surface area (Å²) in [5, 5.41) is 2.71. The average molecular weight is 508 g/mol. The van der Waals surface area contributed by atoms with Crippen molar-refractivity contribution in [2.24, 2.45) is 5.92 Å². The lowest BCUT2D eigenvalue weighted by Crippen LogP contribution is -2.25. The minimum atomic E-state index is -1.06. The summed E-state index contributed by atoms with van der Waals surface area (Å²) >= 11 is 0. The molecule has 2 rings (SSSR count). The van der Waals surface area contributed by atoms with Crippen molar-refractivity contribution in [3.8, 4) is 0 Å². The van der Waals surface area contributed by atoms with Crippen LogP contribution < -0.4 is 5.32 Å². The summed E-state index contributed by atoms with van der Waals surface area (Å²) in [4.78, 5) is 31.5. The SMILES string of the molecule is C=C(\C=C(C)/C(=C\C)C(=C/c1cnc(NC(=O)C2CC2F)cc1C)/C(=C/CCC)C(=O)N(C)C)CCC. The first kappa shape index (κ1) is 29.9. The van der Waals surface area contributed by atoms with Gasteiger partial charge in [-0.25, -0.2) is 9.37 Å². The molecule has 1 aliphatic rings. The normalized spacial score (nSPS) is 18.5. The molecule has 200 valence electrons. The number of alkyl halides is 1. The number of halogens is 1. The summed E-state index contributed by atoms with van der Waals surface area (Å²) < 4.78 is 13.3. The highest BCUT2D eigenvalue weighted by Gasteiger charge is 2.43. The molecule has 1 fully saturated rings. The lowest BCUT2D eigenvalue weighted by molar-refractivity contribution is -0.124. The van der Waals surface area contributed by atoms with Gasteiger partial charge in [-0.15, -0.1) is 0 Å². The van der Waals surface area contributed by atoms with Crippen LogP contribution in [0.15, 0.2) is 64.9 Å². The van der Waals surface area contributed by atoms with E-state index in [9.17, 15) is 14.0 Å². The standard InChI is InChI=1S/C31H42FN3O2/c1-9-12-14-25(31(37)35(7)8)26(24(11-3)22(6)15-20(4)13-10-2)17-23-19-33-29(16-21(23)5)34-30(36)27-18-28(27)32/h11,14-17,19,27-28H,4,9-10,12-13,18H2,1-3,5-8H3,(H,33,34,36)/b22-15-,24-11+,25-14-,26-17-. The minimum absolute atomic E-state index is 0.0704. The van der Waals surface area contributed by atoms with Crippen LogP contribution in [0.3, 0.4) is 0 Å². The van der Waals surface area contributed by atoms with Crippen molar-refractivity contribution in [3.05, 3.63) is 76.1 Å². The van der Waals surface area contributed by atoms with Gasteiger partial charge in [0.05, 0.1) is 5.92 Å².